The lowest BCUT2D eigenvalue weighted by molar-refractivity contribution is -0.922. The van der Waals surface area contributed by atoms with Gasteiger partial charge in [-0.2, -0.15) is 4.98 Å². The van der Waals surface area contributed by atoms with Gasteiger partial charge in [-0.25, -0.2) is 4.98 Å². The monoisotopic (exact) mass is 410 g/mol. The molecule has 1 aliphatic heterocycles. The Hall–Kier alpha value is -2.32. The van der Waals surface area contributed by atoms with Crippen molar-refractivity contribution < 1.29 is 14.4 Å². The van der Waals surface area contributed by atoms with E-state index in [1.165, 1.54) is 9.78 Å². The van der Waals surface area contributed by atoms with Crippen LogP contribution < -0.4 is 9.64 Å². The number of rotatable bonds is 5. The lowest BCUT2D eigenvalue weighted by Gasteiger charge is -2.23. The number of hydrogen-bond donors (Lipinski definition) is 1. The van der Waals surface area contributed by atoms with Crippen LogP contribution in [0.15, 0.2) is 53.2 Å². The molecule has 0 aliphatic carbocycles. The Bertz CT molecular complexity index is 1060. The maximum Gasteiger partial charge on any atom is 0.232 e. The SMILES string of the molecule is c1ccc(Oc2nc(C[NH+]3CCOCC3)nc3scc(-c4cccs4)c23)cc1. The number of quaternary nitrogens is 1. The van der Waals surface area contributed by atoms with E-state index in [-0.39, 0.29) is 0 Å². The Morgan fingerprint density at radius 1 is 1.00 bits per heavy atom. The minimum atomic E-state index is 0.642. The number of thiophene rings is 2. The molecule has 1 saturated heterocycles. The fourth-order valence-corrected chi connectivity index (χ4v) is 5.15. The molecule has 28 heavy (non-hydrogen) atoms. The van der Waals surface area contributed by atoms with Gasteiger partial charge in [0.15, 0.2) is 5.82 Å². The molecule has 1 aromatic carbocycles. The molecule has 7 heteroatoms. The molecule has 0 radical (unpaired) electrons. The van der Waals surface area contributed by atoms with E-state index in [0.717, 1.165) is 60.2 Å². The van der Waals surface area contributed by atoms with Crippen molar-refractivity contribution in [3.05, 3.63) is 59.0 Å². The number of ether oxygens (including phenoxy) is 2. The van der Waals surface area contributed by atoms with Gasteiger partial charge in [0.1, 0.15) is 30.2 Å². The molecule has 4 heterocycles. The first-order valence-electron chi connectivity index (χ1n) is 9.33. The van der Waals surface area contributed by atoms with Crippen LogP contribution in [0.4, 0.5) is 0 Å². The molecule has 1 N–H and O–H groups in total. The maximum atomic E-state index is 6.24. The van der Waals surface area contributed by atoms with Gasteiger partial charge < -0.3 is 14.4 Å². The number of para-hydroxylation sites is 1. The predicted octanol–water partition coefficient (Wildman–Crippen LogP) is 3.63. The molecular formula is C21H20N3O2S2+. The molecule has 5 rings (SSSR count). The van der Waals surface area contributed by atoms with Crippen LogP contribution >= 0.6 is 22.7 Å². The maximum absolute atomic E-state index is 6.24. The Kier molecular flexibility index (Phi) is 5.05. The van der Waals surface area contributed by atoms with Gasteiger partial charge in [-0.15, -0.1) is 22.7 Å². The highest BCUT2D eigenvalue weighted by atomic mass is 32.1. The van der Waals surface area contributed by atoms with Crippen LogP contribution in [-0.2, 0) is 11.3 Å². The summed E-state index contributed by atoms with van der Waals surface area (Å²) in [5.41, 5.74) is 1.14. The van der Waals surface area contributed by atoms with E-state index in [9.17, 15) is 0 Å². The normalized spacial score (nSPS) is 15.1. The average Bonchev–Trinajstić information content (AvgIpc) is 3.39. The van der Waals surface area contributed by atoms with E-state index in [2.05, 4.69) is 22.9 Å². The Morgan fingerprint density at radius 3 is 2.64 bits per heavy atom. The molecule has 1 aliphatic rings. The zero-order valence-corrected chi connectivity index (χ0v) is 16.9. The fraction of sp³-hybridized carbons (Fsp3) is 0.238. The standard InChI is InChI=1S/C21H19N3O2S2/c1-2-5-15(6-3-1)26-20-19-16(17-7-4-12-27-17)14-28-21(19)23-18(22-20)13-24-8-10-25-11-9-24/h1-7,12,14H,8-11,13H2/p+1. The summed E-state index contributed by atoms with van der Waals surface area (Å²) < 4.78 is 11.7. The number of aromatic nitrogens is 2. The van der Waals surface area contributed by atoms with E-state index in [0.29, 0.717) is 5.88 Å². The van der Waals surface area contributed by atoms with Crippen molar-refractivity contribution >= 4 is 32.9 Å². The van der Waals surface area contributed by atoms with Gasteiger partial charge in [-0.1, -0.05) is 24.3 Å². The molecule has 5 nitrogen and oxygen atoms in total. The molecule has 0 atom stereocenters. The number of hydrogen-bond acceptors (Lipinski definition) is 6. The molecule has 0 bridgehead atoms. The van der Waals surface area contributed by atoms with Gasteiger partial charge >= 0.3 is 0 Å². The second-order valence-electron chi connectivity index (χ2n) is 6.71. The summed E-state index contributed by atoms with van der Waals surface area (Å²) in [6, 6.07) is 14.0. The highest BCUT2D eigenvalue weighted by Gasteiger charge is 2.21. The summed E-state index contributed by atoms with van der Waals surface area (Å²) in [6.07, 6.45) is 0. The summed E-state index contributed by atoms with van der Waals surface area (Å²) in [6.45, 7) is 4.36. The van der Waals surface area contributed by atoms with Crippen LogP contribution in [0.1, 0.15) is 5.82 Å². The summed E-state index contributed by atoms with van der Waals surface area (Å²) in [4.78, 5) is 13.4. The van der Waals surface area contributed by atoms with Gasteiger partial charge in [-0.3, -0.25) is 0 Å². The number of nitrogens with zero attached hydrogens (tertiary/aromatic N) is 2. The molecule has 3 aromatic heterocycles. The summed E-state index contributed by atoms with van der Waals surface area (Å²) in [7, 11) is 0. The van der Waals surface area contributed by atoms with Gasteiger partial charge in [0, 0.05) is 15.8 Å². The van der Waals surface area contributed by atoms with Crippen LogP contribution in [0.25, 0.3) is 20.7 Å². The summed E-state index contributed by atoms with van der Waals surface area (Å²) in [5.74, 6) is 2.26. The zero-order chi connectivity index (χ0) is 18.8. The topological polar surface area (TPSA) is 48.7 Å². The lowest BCUT2D eigenvalue weighted by atomic mass is 10.2. The van der Waals surface area contributed by atoms with Crippen LogP contribution in [0, 0.1) is 0 Å². The minimum absolute atomic E-state index is 0.642. The first-order chi connectivity index (χ1) is 13.9. The quantitative estimate of drug-likeness (QED) is 0.546. The predicted molar refractivity (Wildman–Crippen MR) is 112 cm³/mol. The molecular weight excluding hydrogens is 390 g/mol. The molecule has 4 aromatic rings. The van der Waals surface area contributed by atoms with Crippen molar-refractivity contribution in [2.75, 3.05) is 26.3 Å². The van der Waals surface area contributed by atoms with Gasteiger partial charge in [0.2, 0.25) is 5.88 Å². The van der Waals surface area contributed by atoms with Crippen molar-refractivity contribution in [2.45, 2.75) is 6.54 Å². The number of benzene rings is 1. The highest BCUT2D eigenvalue weighted by Crippen LogP contribution is 2.40. The fourth-order valence-electron chi connectivity index (χ4n) is 3.38. The Morgan fingerprint density at radius 2 is 1.86 bits per heavy atom. The van der Waals surface area contributed by atoms with Gasteiger partial charge in [-0.05, 0) is 23.6 Å². The largest absolute Gasteiger partial charge is 0.438 e. The first kappa shape index (κ1) is 17.8. The molecule has 0 amide bonds. The third-order valence-electron chi connectivity index (χ3n) is 4.80. The summed E-state index contributed by atoms with van der Waals surface area (Å²) >= 11 is 3.38. The second-order valence-corrected chi connectivity index (χ2v) is 8.51. The lowest BCUT2D eigenvalue weighted by Crippen LogP contribution is -3.12. The highest BCUT2D eigenvalue weighted by molar-refractivity contribution is 7.18. The van der Waals surface area contributed by atoms with Gasteiger partial charge in [0.25, 0.3) is 0 Å². The van der Waals surface area contributed by atoms with Crippen molar-refractivity contribution in [3.8, 4) is 22.1 Å². The zero-order valence-electron chi connectivity index (χ0n) is 15.3. The van der Waals surface area contributed by atoms with Crippen molar-refractivity contribution in [1.82, 2.24) is 9.97 Å². The number of nitrogens with one attached hydrogen (secondary N) is 1. The summed E-state index contributed by atoms with van der Waals surface area (Å²) in [5, 5.41) is 5.25. The van der Waals surface area contributed by atoms with E-state index in [1.807, 2.05) is 30.3 Å². The first-order valence-corrected chi connectivity index (χ1v) is 11.1. The molecule has 1 fully saturated rings. The van der Waals surface area contributed by atoms with Gasteiger partial charge in [0.05, 0.1) is 18.6 Å². The molecule has 0 spiro atoms. The third-order valence-corrected chi connectivity index (χ3v) is 6.57. The van der Waals surface area contributed by atoms with Crippen molar-refractivity contribution in [2.24, 2.45) is 0 Å². The Labute approximate surface area is 171 Å². The molecule has 0 unspecified atom stereocenters. The van der Waals surface area contributed by atoms with E-state index in [1.54, 1.807) is 22.7 Å². The van der Waals surface area contributed by atoms with Crippen molar-refractivity contribution in [3.63, 3.8) is 0 Å². The van der Waals surface area contributed by atoms with E-state index in [4.69, 9.17) is 19.4 Å². The number of morpholine rings is 1. The van der Waals surface area contributed by atoms with Crippen molar-refractivity contribution in [1.29, 1.82) is 0 Å². The average molecular weight is 411 g/mol. The van der Waals surface area contributed by atoms with E-state index < -0.39 is 0 Å². The molecule has 0 saturated carbocycles. The van der Waals surface area contributed by atoms with Crippen LogP contribution in [0.5, 0.6) is 11.6 Å². The number of fused-ring (bicyclic) bond motifs is 1. The van der Waals surface area contributed by atoms with E-state index >= 15 is 0 Å². The third kappa shape index (κ3) is 3.66. The van der Waals surface area contributed by atoms with Crippen LogP contribution in [0.2, 0.25) is 0 Å². The smallest absolute Gasteiger partial charge is 0.232 e. The van der Waals surface area contributed by atoms with Crippen LogP contribution in [-0.4, -0.2) is 36.3 Å². The van der Waals surface area contributed by atoms with Crippen LogP contribution in [0.3, 0.4) is 0 Å². The molecule has 142 valence electrons. The Balaban J connectivity index is 1.57. The minimum Gasteiger partial charge on any atom is -0.438 e. The second kappa shape index (κ2) is 7.97.